The molecule has 0 aliphatic carbocycles. The smallest absolute Gasteiger partial charge is 0.345 e. The summed E-state index contributed by atoms with van der Waals surface area (Å²) in [5, 5.41) is 2.82. The summed E-state index contributed by atoms with van der Waals surface area (Å²) >= 11 is 0. The highest BCUT2D eigenvalue weighted by Gasteiger charge is 2.17. The lowest BCUT2D eigenvalue weighted by Gasteiger charge is -2.13. The zero-order chi connectivity index (χ0) is 19.9. The number of ether oxygens (including phenoxy) is 1. The third-order valence-corrected chi connectivity index (χ3v) is 4.64. The molecule has 0 fully saturated rings. The predicted molar refractivity (Wildman–Crippen MR) is 111 cm³/mol. The van der Waals surface area contributed by atoms with E-state index >= 15 is 0 Å². The van der Waals surface area contributed by atoms with Crippen LogP contribution in [0.15, 0.2) is 78.9 Å². The molecule has 0 spiro atoms. The molecule has 4 heteroatoms. The van der Waals surface area contributed by atoms with Crippen LogP contribution in [0.5, 0.6) is 5.75 Å². The highest BCUT2D eigenvalue weighted by Crippen LogP contribution is 2.24. The number of nitrogens with one attached hydrogen (secondary N) is 1. The van der Waals surface area contributed by atoms with E-state index in [2.05, 4.69) is 5.32 Å². The SMILES string of the molecule is CCC(C)C(=O)Nc1ccccc1C(=O)Oc1ccc(-c2ccccc2)cc1. The average molecular weight is 373 g/mol. The van der Waals surface area contributed by atoms with Crippen LogP contribution in [0.2, 0.25) is 0 Å². The Morgan fingerprint density at radius 3 is 2.14 bits per heavy atom. The predicted octanol–water partition coefficient (Wildman–Crippen LogP) is 5.56. The van der Waals surface area contributed by atoms with E-state index in [1.807, 2.05) is 56.3 Å². The van der Waals surface area contributed by atoms with Gasteiger partial charge < -0.3 is 10.1 Å². The Labute approximate surface area is 165 Å². The summed E-state index contributed by atoms with van der Waals surface area (Å²) in [4.78, 5) is 24.8. The maximum Gasteiger partial charge on any atom is 0.345 e. The second-order valence-corrected chi connectivity index (χ2v) is 6.62. The minimum absolute atomic E-state index is 0.116. The lowest BCUT2D eigenvalue weighted by atomic mass is 10.1. The summed E-state index contributed by atoms with van der Waals surface area (Å²) in [5.74, 6) is -0.301. The van der Waals surface area contributed by atoms with Gasteiger partial charge in [0.2, 0.25) is 5.91 Å². The van der Waals surface area contributed by atoms with Gasteiger partial charge in [-0.25, -0.2) is 4.79 Å². The van der Waals surface area contributed by atoms with E-state index < -0.39 is 5.97 Å². The zero-order valence-corrected chi connectivity index (χ0v) is 16.0. The normalized spacial score (nSPS) is 11.5. The molecule has 4 nitrogen and oxygen atoms in total. The van der Waals surface area contributed by atoms with Crippen molar-refractivity contribution in [1.82, 2.24) is 0 Å². The van der Waals surface area contributed by atoms with Crippen molar-refractivity contribution in [2.75, 3.05) is 5.32 Å². The van der Waals surface area contributed by atoms with Crippen molar-refractivity contribution in [3.63, 3.8) is 0 Å². The largest absolute Gasteiger partial charge is 0.423 e. The van der Waals surface area contributed by atoms with Crippen molar-refractivity contribution < 1.29 is 14.3 Å². The molecule has 3 aromatic carbocycles. The molecule has 0 saturated heterocycles. The monoisotopic (exact) mass is 373 g/mol. The summed E-state index contributed by atoms with van der Waals surface area (Å²) in [6, 6.07) is 24.2. The van der Waals surface area contributed by atoms with Gasteiger partial charge in [0.25, 0.3) is 0 Å². The molecular formula is C24H23NO3. The molecule has 28 heavy (non-hydrogen) atoms. The third kappa shape index (κ3) is 4.65. The van der Waals surface area contributed by atoms with Gasteiger partial charge in [0.15, 0.2) is 0 Å². The molecule has 0 aliphatic heterocycles. The van der Waals surface area contributed by atoms with Crippen LogP contribution in [-0.2, 0) is 4.79 Å². The standard InChI is InChI=1S/C24H23NO3/c1-3-17(2)23(26)25-22-12-8-7-11-21(22)24(27)28-20-15-13-19(14-16-20)18-9-5-4-6-10-18/h4-17H,3H2,1-2H3,(H,25,26). The fourth-order valence-electron chi connectivity index (χ4n) is 2.72. The van der Waals surface area contributed by atoms with Crippen LogP contribution in [0, 0.1) is 5.92 Å². The van der Waals surface area contributed by atoms with Gasteiger partial charge in [-0.15, -0.1) is 0 Å². The number of carbonyl (C=O) groups is 2. The van der Waals surface area contributed by atoms with Gasteiger partial charge in [-0.1, -0.05) is 68.4 Å². The number of para-hydroxylation sites is 1. The van der Waals surface area contributed by atoms with Crippen molar-refractivity contribution in [1.29, 1.82) is 0 Å². The summed E-state index contributed by atoms with van der Waals surface area (Å²) in [5.41, 5.74) is 2.92. The molecule has 1 amide bonds. The van der Waals surface area contributed by atoms with Crippen LogP contribution in [0.25, 0.3) is 11.1 Å². The molecule has 1 N–H and O–H groups in total. The van der Waals surface area contributed by atoms with E-state index in [1.165, 1.54) is 0 Å². The first-order valence-electron chi connectivity index (χ1n) is 9.36. The van der Waals surface area contributed by atoms with Gasteiger partial charge in [-0.3, -0.25) is 4.79 Å². The fraction of sp³-hybridized carbons (Fsp3) is 0.167. The van der Waals surface area contributed by atoms with E-state index in [-0.39, 0.29) is 11.8 Å². The van der Waals surface area contributed by atoms with Gasteiger partial charge in [-0.2, -0.15) is 0 Å². The Bertz CT molecular complexity index is 949. The number of benzene rings is 3. The van der Waals surface area contributed by atoms with Crippen LogP contribution in [0.3, 0.4) is 0 Å². The van der Waals surface area contributed by atoms with Crippen molar-refractivity contribution in [2.24, 2.45) is 5.92 Å². The maximum absolute atomic E-state index is 12.6. The Hall–Kier alpha value is -3.40. The van der Waals surface area contributed by atoms with Crippen molar-refractivity contribution in [2.45, 2.75) is 20.3 Å². The number of esters is 1. The highest BCUT2D eigenvalue weighted by atomic mass is 16.5. The highest BCUT2D eigenvalue weighted by molar-refractivity contribution is 6.02. The Morgan fingerprint density at radius 1 is 0.857 bits per heavy atom. The molecule has 142 valence electrons. The molecule has 0 bridgehead atoms. The molecule has 0 radical (unpaired) electrons. The Morgan fingerprint density at radius 2 is 1.46 bits per heavy atom. The van der Waals surface area contributed by atoms with E-state index in [0.29, 0.717) is 17.0 Å². The number of hydrogen-bond donors (Lipinski definition) is 1. The lowest BCUT2D eigenvalue weighted by molar-refractivity contribution is -0.119. The number of carbonyl (C=O) groups excluding carboxylic acids is 2. The number of amides is 1. The summed E-state index contributed by atoms with van der Waals surface area (Å²) in [6.45, 7) is 3.80. The fourth-order valence-corrected chi connectivity index (χ4v) is 2.72. The van der Waals surface area contributed by atoms with Gasteiger partial charge in [0.1, 0.15) is 5.75 Å². The van der Waals surface area contributed by atoms with Gasteiger partial charge in [-0.05, 0) is 41.8 Å². The molecule has 0 aliphatic rings. The Balaban J connectivity index is 1.74. The molecular weight excluding hydrogens is 350 g/mol. The first-order valence-corrected chi connectivity index (χ1v) is 9.36. The molecule has 0 aromatic heterocycles. The van der Waals surface area contributed by atoms with E-state index in [4.69, 9.17) is 4.74 Å². The number of rotatable bonds is 6. The number of hydrogen-bond acceptors (Lipinski definition) is 3. The van der Waals surface area contributed by atoms with Crippen LogP contribution in [0.4, 0.5) is 5.69 Å². The molecule has 3 aromatic rings. The topological polar surface area (TPSA) is 55.4 Å². The van der Waals surface area contributed by atoms with E-state index in [1.54, 1.807) is 36.4 Å². The summed E-state index contributed by atoms with van der Waals surface area (Å²) in [6.07, 6.45) is 0.728. The average Bonchev–Trinajstić information content (AvgIpc) is 2.74. The molecule has 1 atom stereocenters. The number of anilines is 1. The van der Waals surface area contributed by atoms with Gasteiger partial charge in [0, 0.05) is 5.92 Å². The minimum atomic E-state index is -0.507. The minimum Gasteiger partial charge on any atom is -0.423 e. The summed E-state index contributed by atoms with van der Waals surface area (Å²) < 4.78 is 5.51. The van der Waals surface area contributed by atoms with Crippen LogP contribution < -0.4 is 10.1 Å². The van der Waals surface area contributed by atoms with Crippen molar-refractivity contribution in [3.05, 3.63) is 84.4 Å². The van der Waals surface area contributed by atoms with Crippen LogP contribution in [0.1, 0.15) is 30.6 Å². The second-order valence-electron chi connectivity index (χ2n) is 6.62. The van der Waals surface area contributed by atoms with E-state index in [9.17, 15) is 9.59 Å². The maximum atomic E-state index is 12.6. The van der Waals surface area contributed by atoms with E-state index in [0.717, 1.165) is 17.5 Å². The molecule has 0 heterocycles. The molecule has 1 unspecified atom stereocenters. The quantitative estimate of drug-likeness (QED) is 0.455. The molecule has 0 saturated carbocycles. The van der Waals surface area contributed by atoms with Crippen molar-refractivity contribution >= 4 is 17.6 Å². The lowest BCUT2D eigenvalue weighted by Crippen LogP contribution is -2.22. The first kappa shape index (κ1) is 19.4. The third-order valence-electron chi connectivity index (χ3n) is 4.64. The van der Waals surface area contributed by atoms with Gasteiger partial charge in [0.05, 0.1) is 11.3 Å². The van der Waals surface area contributed by atoms with Gasteiger partial charge >= 0.3 is 5.97 Å². The van der Waals surface area contributed by atoms with Crippen LogP contribution in [-0.4, -0.2) is 11.9 Å². The zero-order valence-electron chi connectivity index (χ0n) is 16.0. The Kier molecular flexibility index (Phi) is 6.22. The summed E-state index contributed by atoms with van der Waals surface area (Å²) in [7, 11) is 0. The van der Waals surface area contributed by atoms with Crippen molar-refractivity contribution in [3.8, 4) is 16.9 Å². The van der Waals surface area contributed by atoms with Crippen LogP contribution >= 0.6 is 0 Å². The second kappa shape index (κ2) is 9.00. The molecule has 3 rings (SSSR count). The first-order chi connectivity index (χ1) is 13.6.